The van der Waals surface area contributed by atoms with Crippen LogP contribution in [-0.4, -0.2) is 25.1 Å². The molecule has 25 heavy (non-hydrogen) atoms. The number of hydrogen-bond donors (Lipinski definition) is 0. The molecule has 0 bridgehead atoms. The largest absolute Gasteiger partial charge is 0.493 e. The zero-order valence-electron chi connectivity index (χ0n) is 14.2. The Morgan fingerprint density at radius 2 is 2.00 bits per heavy atom. The van der Waals surface area contributed by atoms with Crippen LogP contribution in [0.5, 0.6) is 5.75 Å². The molecule has 3 rings (SSSR count). The summed E-state index contributed by atoms with van der Waals surface area (Å²) in [5, 5.41) is 1.33. The second-order valence-electron chi connectivity index (χ2n) is 6.16. The van der Waals surface area contributed by atoms with Crippen LogP contribution in [0.25, 0.3) is 6.08 Å². The van der Waals surface area contributed by atoms with Gasteiger partial charge in [-0.2, -0.15) is 0 Å². The molecule has 0 aliphatic carbocycles. The molecule has 5 heteroatoms. The first-order valence-corrected chi connectivity index (χ1v) is 8.92. The fourth-order valence-corrected chi connectivity index (χ4v) is 3.33. The van der Waals surface area contributed by atoms with Crippen molar-refractivity contribution in [3.05, 3.63) is 69.2 Å². The van der Waals surface area contributed by atoms with Gasteiger partial charge in [0.2, 0.25) is 0 Å². The quantitative estimate of drug-likeness (QED) is 0.623. The van der Waals surface area contributed by atoms with Gasteiger partial charge in [0.05, 0.1) is 6.61 Å². The second kappa shape index (κ2) is 9.49. The van der Waals surface area contributed by atoms with Crippen LogP contribution in [0, 0.1) is 0 Å². The van der Waals surface area contributed by atoms with E-state index in [1.165, 1.54) is 11.1 Å². The van der Waals surface area contributed by atoms with Crippen molar-refractivity contribution < 1.29 is 4.74 Å². The molecule has 2 aromatic carbocycles. The highest BCUT2D eigenvalue weighted by Gasteiger charge is 2.11. The van der Waals surface area contributed by atoms with Gasteiger partial charge in [-0.15, -0.1) is 12.4 Å². The highest BCUT2D eigenvalue weighted by atomic mass is 35.5. The number of aryl methyl sites for hydroxylation is 1. The third-order valence-electron chi connectivity index (χ3n) is 4.11. The Morgan fingerprint density at radius 1 is 1.16 bits per heavy atom. The summed E-state index contributed by atoms with van der Waals surface area (Å²) in [6.45, 7) is 2.56. The number of likely N-dealkylation sites (N-methyl/N-ethyl adjacent to an activating group) is 1. The van der Waals surface area contributed by atoms with Crippen molar-refractivity contribution in [1.29, 1.82) is 0 Å². The number of nitrogens with zero attached hydrogens (tertiary/aromatic N) is 1. The lowest BCUT2D eigenvalue weighted by molar-refractivity contribution is 0.287. The van der Waals surface area contributed by atoms with Crippen molar-refractivity contribution >= 4 is 41.7 Å². The van der Waals surface area contributed by atoms with E-state index in [0.29, 0.717) is 10.0 Å². The van der Waals surface area contributed by atoms with Gasteiger partial charge in [0.15, 0.2) is 0 Å². The highest BCUT2D eigenvalue weighted by Crippen LogP contribution is 2.26. The Morgan fingerprint density at radius 3 is 2.80 bits per heavy atom. The third kappa shape index (κ3) is 5.65. The van der Waals surface area contributed by atoms with Gasteiger partial charge in [0.1, 0.15) is 5.75 Å². The van der Waals surface area contributed by atoms with Gasteiger partial charge in [-0.25, -0.2) is 0 Å². The molecule has 0 N–H and O–H groups in total. The Kier molecular flexibility index (Phi) is 7.64. The number of halogens is 3. The molecular weight excluding hydrogens is 377 g/mol. The maximum Gasteiger partial charge on any atom is 0.122 e. The Balaban J connectivity index is 0.00000225. The first kappa shape index (κ1) is 20.1. The lowest BCUT2D eigenvalue weighted by atomic mass is 10.0. The molecule has 1 aliphatic heterocycles. The molecule has 0 unspecified atom stereocenters. The van der Waals surface area contributed by atoms with E-state index >= 15 is 0 Å². The SMILES string of the molecule is CN(C/C=C/c1ccc(Cl)cc1Cl)Cc1ccc2c(c1)OCCC2.Cl. The number of benzene rings is 2. The van der Waals surface area contributed by atoms with Crippen molar-refractivity contribution in [3.8, 4) is 5.75 Å². The van der Waals surface area contributed by atoms with E-state index in [9.17, 15) is 0 Å². The molecule has 0 saturated carbocycles. The van der Waals surface area contributed by atoms with Crippen molar-refractivity contribution in [2.45, 2.75) is 19.4 Å². The van der Waals surface area contributed by atoms with Crippen LogP contribution in [0.3, 0.4) is 0 Å². The molecule has 134 valence electrons. The molecular formula is C20H22Cl3NO. The summed E-state index contributed by atoms with van der Waals surface area (Å²) >= 11 is 12.1. The summed E-state index contributed by atoms with van der Waals surface area (Å²) in [5.74, 6) is 1.05. The molecule has 2 aromatic rings. The molecule has 1 heterocycles. The van der Waals surface area contributed by atoms with E-state index in [1.54, 1.807) is 6.07 Å². The van der Waals surface area contributed by atoms with Gasteiger partial charge >= 0.3 is 0 Å². The van der Waals surface area contributed by atoms with E-state index < -0.39 is 0 Å². The van der Waals surface area contributed by atoms with E-state index in [4.69, 9.17) is 27.9 Å². The zero-order valence-corrected chi connectivity index (χ0v) is 16.5. The molecule has 0 fully saturated rings. The van der Waals surface area contributed by atoms with E-state index in [2.05, 4.69) is 36.2 Å². The summed E-state index contributed by atoms with van der Waals surface area (Å²) in [6.07, 6.45) is 6.38. The molecule has 2 nitrogen and oxygen atoms in total. The van der Waals surface area contributed by atoms with Gasteiger partial charge in [0.25, 0.3) is 0 Å². The van der Waals surface area contributed by atoms with Crippen molar-refractivity contribution in [3.63, 3.8) is 0 Å². The summed E-state index contributed by atoms with van der Waals surface area (Å²) in [5.41, 5.74) is 3.58. The molecule has 0 spiro atoms. The van der Waals surface area contributed by atoms with Gasteiger partial charge in [-0.3, -0.25) is 4.90 Å². The number of rotatable bonds is 5. The van der Waals surface area contributed by atoms with Crippen LogP contribution in [0.4, 0.5) is 0 Å². The fraction of sp³-hybridized carbons (Fsp3) is 0.300. The molecule has 0 aromatic heterocycles. The fourth-order valence-electron chi connectivity index (χ4n) is 2.86. The van der Waals surface area contributed by atoms with Gasteiger partial charge in [0, 0.05) is 23.1 Å². The van der Waals surface area contributed by atoms with Crippen molar-refractivity contribution in [1.82, 2.24) is 4.90 Å². The van der Waals surface area contributed by atoms with Crippen LogP contribution in [0.1, 0.15) is 23.1 Å². The standard InChI is InChI=1S/C20H21Cl2NO.ClH/c1-23(10-2-4-16-8-9-18(21)13-19(16)22)14-15-6-7-17-5-3-11-24-20(17)12-15;/h2,4,6-9,12-13H,3,5,10-11,14H2,1H3;1H/b4-2+;. The lowest BCUT2D eigenvalue weighted by Gasteiger charge is -2.20. The maximum absolute atomic E-state index is 6.18. The van der Waals surface area contributed by atoms with E-state index in [1.807, 2.05) is 18.2 Å². The number of ether oxygens (including phenoxy) is 1. The highest BCUT2D eigenvalue weighted by molar-refractivity contribution is 6.35. The van der Waals surface area contributed by atoms with Crippen LogP contribution < -0.4 is 4.74 Å². The minimum Gasteiger partial charge on any atom is -0.493 e. The monoisotopic (exact) mass is 397 g/mol. The van der Waals surface area contributed by atoms with Crippen molar-refractivity contribution in [2.75, 3.05) is 20.2 Å². The zero-order chi connectivity index (χ0) is 16.9. The number of hydrogen-bond acceptors (Lipinski definition) is 2. The van der Waals surface area contributed by atoms with Crippen LogP contribution in [0.15, 0.2) is 42.5 Å². The molecule has 0 atom stereocenters. The average Bonchev–Trinajstić information content (AvgIpc) is 2.57. The molecule has 0 saturated heterocycles. The summed E-state index contributed by atoms with van der Waals surface area (Å²) in [4.78, 5) is 2.25. The van der Waals surface area contributed by atoms with Gasteiger partial charge < -0.3 is 4.74 Å². The summed E-state index contributed by atoms with van der Waals surface area (Å²) < 4.78 is 5.75. The van der Waals surface area contributed by atoms with Gasteiger partial charge in [-0.1, -0.05) is 53.6 Å². The van der Waals surface area contributed by atoms with E-state index in [-0.39, 0.29) is 12.4 Å². The molecule has 1 aliphatic rings. The minimum atomic E-state index is 0. The first-order valence-electron chi connectivity index (χ1n) is 8.16. The number of fused-ring (bicyclic) bond motifs is 1. The molecule has 0 radical (unpaired) electrons. The van der Waals surface area contributed by atoms with Crippen LogP contribution in [-0.2, 0) is 13.0 Å². The lowest BCUT2D eigenvalue weighted by Crippen LogP contribution is -2.18. The average molecular weight is 399 g/mol. The smallest absolute Gasteiger partial charge is 0.122 e. The summed E-state index contributed by atoms with van der Waals surface area (Å²) in [7, 11) is 2.11. The molecule has 0 amide bonds. The predicted molar refractivity (Wildman–Crippen MR) is 109 cm³/mol. The Bertz CT molecular complexity index is 746. The topological polar surface area (TPSA) is 12.5 Å². The Hall–Kier alpha value is -1.19. The van der Waals surface area contributed by atoms with Gasteiger partial charge in [-0.05, 0) is 54.8 Å². The predicted octanol–water partition coefficient (Wildman–Crippen LogP) is 5.89. The van der Waals surface area contributed by atoms with E-state index in [0.717, 1.165) is 43.9 Å². The minimum absolute atomic E-state index is 0. The normalized spacial score (nSPS) is 13.4. The van der Waals surface area contributed by atoms with Crippen LogP contribution in [0.2, 0.25) is 10.0 Å². The maximum atomic E-state index is 6.18. The van der Waals surface area contributed by atoms with Crippen molar-refractivity contribution in [2.24, 2.45) is 0 Å². The summed E-state index contributed by atoms with van der Waals surface area (Å²) in [6, 6.07) is 12.1. The first-order chi connectivity index (χ1) is 11.6. The Labute approximate surface area is 165 Å². The second-order valence-corrected chi connectivity index (χ2v) is 7.00. The van der Waals surface area contributed by atoms with Crippen LogP contribution >= 0.6 is 35.6 Å². The third-order valence-corrected chi connectivity index (χ3v) is 4.67.